The minimum absolute atomic E-state index is 0.0478. The van der Waals surface area contributed by atoms with Crippen molar-refractivity contribution in [2.75, 3.05) is 53.1 Å². The molecule has 0 aliphatic carbocycles. The van der Waals surface area contributed by atoms with Crippen LogP contribution in [0.3, 0.4) is 0 Å². The number of nitrogens with one attached hydrogen (secondary N) is 2. The SMILES string of the molecule is CCOC(=O)C1(CCOC)CNC(=O)CCCN(C(=O)c2onc3ncccc23)CCCNC(=O)COc2ccc(cc2)C1. The van der Waals surface area contributed by atoms with Crippen LogP contribution < -0.4 is 15.4 Å². The Bertz CT molecular complexity index is 1430. The third-order valence-corrected chi connectivity index (χ3v) is 7.45. The molecule has 13 nitrogen and oxygen atoms in total. The Kier molecular flexibility index (Phi) is 11.6. The Morgan fingerprint density at radius 1 is 1.07 bits per heavy atom. The third-order valence-electron chi connectivity index (χ3n) is 7.45. The Hall–Kier alpha value is -4.52. The topological polar surface area (TPSA) is 162 Å². The van der Waals surface area contributed by atoms with Crippen LogP contribution in [0.4, 0.5) is 0 Å². The van der Waals surface area contributed by atoms with E-state index in [1.165, 1.54) is 0 Å². The number of aromatic nitrogens is 2. The minimum atomic E-state index is -1.08. The Morgan fingerprint density at radius 3 is 2.64 bits per heavy atom. The van der Waals surface area contributed by atoms with Crippen molar-refractivity contribution >= 4 is 34.7 Å². The fourth-order valence-corrected chi connectivity index (χ4v) is 5.04. The summed E-state index contributed by atoms with van der Waals surface area (Å²) in [4.78, 5) is 58.0. The normalized spacial score (nSPS) is 19.1. The van der Waals surface area contributed by atoms with E-state index >= 15 is 0 Å². The largest absolute Gasteiger partial charge is 0.484 e. The second-order valence-electron chi connectivity index (χ2n) is 10.6. The maximum atomic E-state index is 13.5. The molecule has 0 saturated carbocycles. The van der Waals surface area contributed by atoms with Crippen molar-refractivity contribution in [1.29, 1.82) is 0 Å². The van der Waals surface area contributed by atoms with E-state index in [1.807, 2.05) is 12.1 Å². The number of esters is 1. The van der Waals surface area contributed by atoms with Gasteiger partial charge in [-0.15, -0.1) is 0 Å². The predicted molar refractivity (Wildman–Crippen MR) is 159 cm³/mol. The van der Waals surface area contributed by atoms with E-state index in [0.29, 0.717) is 55.6 Å². The number of benzene rings is 1. The van der Waals surface area contributed by atoms with Crippen LogP contribution in [0.2, 0.25) is 0 Å². The second-order valence-corrected chi connectivity index (χ2v) is 10.6. The molecule has 1 aromatic carbocycles. The molecule has 236 valence electrons. The molecule has 44 heavy (non-hydrogen) atoms. The first-order valence-corrected chi connectivity index (χ1v) is 14.8. The molecule has 2 aliphatic rings. The molecular weight excluding hydrogens is 570 g/mol. The number of nitrogens with zero attached hydrogens (tertiary/aromatic N) is 3. The molecule has 1 atom stereocenters. The first-order valence-electron chi connectivity index (χ1n) is 14.8. The van der Waals surface area contributed by atoms with Gasteiger partial charge in [-0.25, -0.2) is 4.98 Å². The van der Waals surface area contributed by atoms with Gasteiger partial charge in [-0.1, -0.05) is 17.3 Å². The Balaban J connectivity index is 1.54. The summed E-state index contributed by atoms with van der Waals surface area (Å²) in [5, 5.41) is 10.1. The lowest BCUT2D eigenvalue weighted by Crippen LogP contribution is -2.46. The molecule has 2 N–H and O–H groups in total. The van der Waals surface area contributed by atoms with Gasteiger partial charge >= 0.3 is 5.97 Å². The highest BCUT2D eigenvalue weighted by molar-refractivity contribution is 6.02. The van der Waals surface area contributed by atoms with Crippen LogP contribution in [-0.4, -0.2) is 91.8 Å². The van der Waals surface area contributed by atoms with Gasteiger partial charge in [0.05, 0.1) is 17.4 Å². The molecule has 3 amide bonds. The molecule has 2 bridgehead atoms. The van der Waals surface area contributed by atoms with Gasteiger partial charge in [0.2, 0.25) is 17.3 Å². The number of carbonyl (C=O) groups is 4. The summed E-state index contributed by atoms with van der Waals surface area (Å²) in [6.45, 7) is 2.96. The number of hydrogen-bond acceptors (Lipinski definition) is 10. The van der Waals surface area contributed by atoms with E-state index in [0.717, 1.165) is 5.56 Å². The van der Waals surface area contributed by atoms with Crippen molar-refractivity contribution in [3.63, 3.8) is 0 Å². The van der Waals surface area contributed by atoms with Crippen LogP contribution in [0.15, 0.2) is 47.1 Å². The van der Waals surface area contributed by atoms with Gasteiger partial charge in [0.1, 0.15) is 5.75 Å². The van der Waals surface area contributed by atoms with Gasteiger partial charge < -0.3 is 34.3 Å². The third kappa shape index (κ3) is 8.53. The lowest BCUT2D eigenvalue weighted by Gasteiger charge is -2.32. The highest BCUT2D eigenvalue weighted by Gasteiger charge is 2.40. The fourth-order valence-electron chi connectivity index (χ4n) is 5.04. The smallest absolute Gasteiger partial charge is 0.314 e. The zero-order chi connectivity index (χ0) is 31.4. The molecule has 4 heterocycles. The van der Waals surface area contributed by atoms with E-state index in [1.54, 1.807) is 49.4 Å². The quantitative estimate of drug-likeness (QED) is 0.397. The van der Waals surface area contributed by atoms with Crippen molar-refractivity contribution in [2.24, 2.45) is 5.41 Å². The molecule has 3 aromatic rings. The molecule has 0 saturated heterocycles. The highest BCUT2D eigenvalue weighted by Crippen LogP contribution is 2.30. The number of rotatable bonds is 6. The van der Waals surface area contributed by atoms with Crippen molar-refractivity contribution in [1.82, 2.24) is 25.7 Å². The van der Waals surface area contributed by atoms with Crippen LogP contribution in [0.1, 0.15) is 48.7 Å². The zero-order valence-electron chi connectivity index (χ0n) is 25.1. The number of hydrogen-bond donors (Lipinski definition) is 2. The number of pyridine rings is 1. The number of amides is 3. The van der Waals surface area contributed by atoms with Crippen LogP contribution in [0, 0.1) is 5.41 Å². The molecule has 0 fully saturated rings. The molecule has 2 aromatic heterocycles. The van der Waals surface area contributed by atoms with Gasteiger partial charge in [0.15, 0.2) is 6.61 Å². The maximum absolute atomic E-state index is 13.5. The van der Waals surface area contributed by atoms with Gasteiger partial charge in [0.25, 0.3) is 11.8 Å². The van der Waals surface area contributed by atoms with Crippen LogP contribution in [0.25, 0.3) is 11.0 Å². The first-order chi connectivity index (χ1) is 21.3. The summed E-state index contributed by atoms with van der Waals surface area (Å²) in [6, 6.07) is 10.5. The number of carbonyl (C=O) groups excluding carboxylic acids is 4. The second kappa shape index (κ2) is 15.8. The number of fused-ring (bicyclic) bond motifs is 18. The van der Waals surface area contributed by atoms with E-state index < -0.39 is 11.4 Å². The lowest BCUT2D eigenvalue weighted by atomic mass is 9.78. The van der Waals surface area contributed by atoms with Gasteiger partial charge in [-0.2, -0.15) is 0 Å². The molecule has 2 aliphatic heterocycles. The van der Waals surface area contributed by atoms with Crippen molar-refractivity contribution < 1.29 is 37.9 Å². The predicted octanol–water partition coefficient (Wildman–Crippen LogP) is 2.29. The highest BCUT2D eigenvalue weighted by atomic mass is 16.5. The molecule has 5 rings (SSSR count). The molecular formula is C31H39N5O8. The van der Waals surface area contributed by atoms with Crippen LogP contribution in [0.5, 0.6) is 5.75 Å². The number of methoxy groups -OCH3 is 1. The monoisotopic (exact) mass is 609 g/mol. The summed E-state index contributed by atoms with van der Waals surface area (Å²) in [5.41, 5.74) is 0.0798. The molecule has 0 radical (unpaired) electrons. The van der Waals surface area contributed by atoms with Crippen molar-refractivity contribution in [3.8, 4) is 5.75 Å². The summed E-state index contributed by atoms with van der Waals surface area (Å²) in [5.74, 6) is -0.818. The fraction of sp³-hybridized carbons (Fsp3) is 0.484. The van der Waals surface area contributed by atoms with Crippen LogP contribution >= 0.6 is 0 Å². The van der Waals surface area contributed by atoms with E-state index in [9.17, 15) is 19.2 Å². The van der Waals surface area contributed by atoms with E-state index in [-0.39, 0.29) is 62.8 Å². The number of ether oxygens (including phenoxy) is 3. The van der Waals surface area contributed by atoms with Crippen LogP contribution in [-0.2, 0) is 30.3 Å². The average molecular weight is 610 g/mol. The summed E-state index contributed by atoms with van der Waals surface area (Å²) < 4.78 is 21.8. The van der Waals surface area contributed by atoms with Crippen molar-refractivity contribution in [3.05, 3.63) is 53.9 Å². The molecule has 13 heteroatoms. The van der Waals surface area contributed by atoms with Gasteiger partial charge in [-0.05, 0) is 62.4 Å². The maximum Gasteiger partial charge on any atom is 0.314 e. The average Bonchev–Trinajstić information content (AvgIpc) is 3.47. The Labute approximate surface area is 255 Å². The zero-order valence-corrected chi connectivity index (χ0v) is 25.1. The molecule has 1 unspecified atom stereocenters. The van der Waals surface area contributed by atoms with Crippen molar-refractivity contribution in [2.45, 2.75) is 39.0 Å². The Morgan fingerprint density at radius 2 is 1.86 bits per heavy atom. The standard InChI is InChI=1S/C31H39N5O8/c1-3-42-30(40)31(13-18-41-2)19-22-9-11-23(12-10-22)43-20-26(38)32-15-6-17-36(16-5-8-25(37)34-21-31)29(39)27-24-7-4-14-33-28(24)35-44-27/h4,7,9-12,14H,3,5-6,8,13,15-21H2,1-2H3,(H,32,38)(H,34,37). The van der Waals surface area contributed by atoms with E-state index in [2.05, 4.69) is 20.8 Å². The summed E-state index contributed by atoms with van der Waals surface area (Å²) in [7, 11) is 1.55. The summed E-state index contributed by atoms with van der Waals surface area (Å²) >= 11 is 0. The molecule has 0 spiro atoms. The lowest BCUT2D eigenvalue weighted by molar-refractivity contribution is -0.156. The minimum Gasteiger partial charge on any atom is -0.484 e. The first kappa shape index (κ1) is 32.4. The van der Waals surface area contributed by atoms with E-state index in [4.69, 9.17) is 18.7 Å². The summed E-state index contributed by atoms with van der Waals surface area (Å²) in [6.07, 6.45) is 3.11. The van der Waals surface area contributed by atoms with Gasteiger partial charge in [0, 0.05) is 52.5 Å². The van der Waals surface area contributed by atoms with Gasteiger partial charge in [-0.3, -0.25) is 19.2 Å².